The second-order valence-corrected chi connectivity index (χ2v) is 4.97. The molecule has 2 aromatic rings. The monoisotopic (exact) mass is 255 g/mol. The van der Waals surface area contributed by atoms with Crippen molar-refractivity contribution in [3.8, 4) is 6.07 Å². The van der Waals surface area contributed by atoms with Gasteiger partial charge in [0.1, 0.15) is 11.8 Å². The van der Waals surface area contributed by atoms with E-state index in [0.717, 1.165) is 16.1 Å². The molecule has 2 rings (SSSR count). The molecule has 90 valence electrons. The highest BCUT2D eigenvalue weighted by Crippen LogP contribution is 2.29. The topological polar surface area (TPSA) is 62.7 Å². The lowest BCUT2D eigenvalue weighted by Crippen LogP contribution is -1.93. The van der Waals surface area contributed by atoms with Gasteiger partial charge in [0.05, 0.1) is 0 Å². The fourth-order valence-corrected chi connectivity index (χ4v) is 2.63. The number of pyridine rings is 1. The first-order valence-corrected chi connectivity index (χ1v) is 6.52. The van der Waals surface area contributed by atoms with E-state index >= 15 is 0 Å². The summed E-state index contributed by atoms with van der Waals surface area (Å²) >= 11 is 1.63. The molecule has 0 radical (unpaired) electrons. The van der Waals surface area contributed by atoms with Gasteiger partial charge in [0, 0.05) is 22.5 Å². The molecule has 0 fully saturated rings. The number of aryl methyl sites for hydroxylation is 1. The third kappa shape index (κ3) is 2.82. The van der Waals surface area contributed by atoms with Gasteiger partial charge in [0.25, 0.3) is 0 Å². The molecule has 0 aliphatic rings. The second-order valence-electron chi connectivity index (χ2n) is 3.95. The SMILES string of the molecule is Cc1ccc(N)c(SCc2cccnc2C#N)c1. The minimum Gasteiger partial charge on any atom is -0.398 e. The smallest absolute Gasteiger partial charge is 0.144 e. The molecule has 1 aromatic carbocycles. The van der Waals surface area contributed by atoms with Crippen molar-refractivity contribution in [2.45, 2.75) is 17.6 Å². The summed E-state index contributed by atoms with van der Waals surface area (Å²) < 4.78 is 0. The van der Waals surface area contributed by atoms with Crippen LogP contribution in [-0.2, 0) is 5.75 Å². The summed E-state index contributed by atoms with van der Waals surface area (Å²) in [7, 11) is 0. The Kier molecular flexibility index (Phi) is 3.85. The summed E-state index contributed by atoms with van der Waals surface area (Å²) in [5.74, 6) is 0.699. The van der Waals surface area contributed by atoms with Crippen molar-refractivity contribution in [3.63, 3.8) is 0 Å². The van der Waals surface area contributed by atoms with Gasteiger partial charge in [-0.05, 0) is 36.2 Å². The van der Waals surface area contributed by atoms with Crippen molar-refractivity contribution in [3.05, 3.63) is 53.3 Å². The fourth-order valence-electron chi connectivity index (χ4n) is 1.58. The first kappa shape index (κ1) is 12.5. The zero-order chi connectivity index (χ0) is 13.0. The Bertz CT molecular complexity index is 602. The molecule has 18 heavy (non-hydrogen) atoms. The summed E-state index contributed by atoms with van der Waals surface area (Å²) in [4.78, 5) is 5.09. The molecule has 0 atom stereocenters. The van der Waals surface area contributed by atoms with Crippen molar-refractivity contribution in [1.82, 2.24) is 4.98 Å². The van der Waals surface area contributed by atoms with E-state index in [2.05, 4.69) is 17.1 Å². The average molecular weight is 255 g/mol. The van der Waals surface area contributed by atoms with E-state index < -0.39 is 0 Å². The third-order valence-electron chi connectivity index (χ3n) is 2.55. The predicted octanol–water partition coefficient (Wildman–Crippen LogP) is 3.14. The molecule has 0 bridgehead atoms. The van der Waals surface area contributed by atoms with Crippen LogP contribution in [0.1, 0.15) is 16.8 Å². The summed E-state index contributed by atoms with van der Waals surface area (Å²) in [5.41, 5.74) is 9.29. The number of nitrogens with two attached hydrogens (primary N) is 1. The molecule has 0 amide bonds. The maximum absolute atomic E-state index is 8.97. The molecule has 4 heteroatoms. The van der Waals surface area contributed by atoms with E-state index in [4.69, 9.17) is 11.0 Å². The van der Waals surface area contributed by atoms with Gasteiger partial charge >= 0.3 is 0 Å². The van der Waals surface area contributed by atoms with E-state index in [-0.39, 0.29) is 0 Å². The molecule has 3 nitrogen and oxygen atoms in total. The van der Waals surface area contributed by atoms with Crippen LogP contribution in [0.15, 0.2) is 41.4 Å². The van der Waals surface area contributed by atoms with Crippen LogP contribution in [0.2, 0.25) is 0 Å². The first-order valence-electron chi connectivity index (χ1n) is 5.53. The largest absolute Gasteiger partial charge is 0.398 e. The Morgan fingerprint density at radius 1 is 1.39 bits per heavy atom. The van der Waals surface area contributed by atoms with Crippen LogP contribution >= 0.6 is 11.8 Å². The van der Waals surface area contributed by atoms with E-state index in [0.29, 0.717) is 11.4 Å². The molecule has 1 heterocycles. The molecule has 1 aromatic heterocycles. The van der Waals surface area contributed by atoms with Gasteiger partial charge in [-0.3, -0.25) is 0 Å². The summed E-state index contributed by atoms with van der Waals surface area (Å²) in [6.45, 7) is 2.04. The van der Waals surface area contributed by atoms with Gasteiger partial charge < -0.3 is 5.73 Å². The first-order chi connectivity index (χ1) is 8.70. The Labute approximate surface area is 111 Å². The van der Waals surface area contributed by atoms with Gasteiger partial charge in [-0.2, -0.15) is 5.26 Å². The van der Waals surface area contributed by atoms with Crippen LogP contribution < -0.4 is 5.73 Å². The van der Waals surface area contributed by atoms with E-state index in [1.54, 1.807) is 18.0 Å². The van der Waals surface area contributed by atoms with E-state index in [9.17, 15) is 0 Å². The van der Waals surface area contributed by atoms with Crippen LogP contribution in [-0.4, -0.2) is 4.98 Å². The van der Waals surface area contributed by atoms with Crippen LogP contribution in [0, 0.1) is 18.3 Å². The van der Waals surface area contributed by atoms with Gasteiger partial charge in [-0.25, -0.2) is 4.98 Å². The Hall–Kier alpha value is -1.99. The number of nitrogen functional groups attached to an aromatic ring is 1. The highest BCUT2D eigenvalue weighted by atomic mass is 32.2. The lowest BCUT2D eigenvalue weighted by atomic mass is 10.2. The lowest BCUT2D eigenvalue weighted by Gasteiger charge is -2.07. The van der Waals surface area contributed by atoms with Gasteiger partial charge in [0.2, 0.25) is 0 Å². The average Bonchev–Trinajstić information content (AvgIpc) is 2.40. The van der Waals surface area contributed by atoms with E-state index in [1.807, 2.05) is 31.2 Å². The zero-order valence-corrected chi connectivity index (χ0v) is 10.9. The highest BCUT2D eigenvalue weighted by Gasteiger charge is 2.05. The number of rotatable bonds is 3. The van der Waals surface area contributed by atoms with Crippen molar-refractivity contribution < 1.29 is 0 Å². The molecule has 0 aliphatic heterocycles. The maximum atomic E-state index is 8.97. The van der Waals surface area contributed by atoms with Crippen molar-refractivity contribution in [2.24, 2.45) is 0 Å². The Morgan fingerprint density at radius 2 is 2.22 bits per heavy atom. The summed E-state index contributed by atoms with van der Waals surface area (Å²) in [6, 6.07) is 11.8. The molecule has 0 unspecified atom stereocenters. The minimum atomic E-state index is 0.483. The number of hydrogen-bond acceptors (Lipinski definition) is 4. The number of nitrogens with zero attached hydrogens (tertiary/aromatic N) is 2. The van der Waals surface area contributed by atoms with Crippen molar-refractivity contribution >= 4 is 17.4 Å². The number of nitriles is 1. The molecule has 0 aliphatic carbocycles. The quantitative estimate of drug-likeness (QED) is 0.676. The molecule has 0 spiro atoms. The van der Waals surface area contributed by atoms with Gasteiger partial charge in [0.15, 0.2) is 0 Å². The third-order valence-corrected chi connectivity index (χ3v) is 3.67. The predicted molar refractivity (Wildman–Crippen MR) is 74.1 cm³/mol. The standard InChI is InChI=1S/C14H13N3S/c1-10-4-5-12(16)14(7-10)18-9-11-3-2-6-17-13(11)8-15/h2-7H,9,16H2,1H3. The van der Waals surface area contributed by atoms with Gasteiger partial charge in [-0.15, -0.1) is 11.8 Å². The Morgan fingerprint density at radius 3 is 3.00 bits per heavy atom. The Balaban J connectivity index is 2.17. The fraction of sp³-hybridized carbons (Fsp3) is 0.143. The highest BCUT2D eigenvalue weighted by molar-refractivity contribution is 7.98. The zero-order valence-electron chi connectivity index (χ0n) is 10.1. The van der Waals surface area contributed by atoms with Crippen molar-refractivity contribution in [2.75, 3.05) is 5.73 Å². The summed E-state index contributed by atoms with van der Waals surface area (Å²) in [6.07, 6.45) is 1.63. The van der Waals surface area contributed by atoms with Crippen molar-refractivity contribution in [1.29, 1.82) is 5.26 Å². The van der Waals surface area contributed by atoms with Crippen LogP contribution in [0.25, 0.3) is 0 Å². The molecule has 0 saturated carbocycles. The second kappa shape index (κ2) is 5.56. The lowest BCUT2D eigenvalue weighted by molar-refractivity contribution is 1.19. The minimum absolute atomic E-state index is 0.483. The molecule has 2 N–H and O–H groups in total. The van der Waals surface area contributed by atoms with Crippen LogP contribution in [0.3, 0.4) is 0 Å². The number of aromatic nitrogens is 1. The number of hydrogen-bond donors (Lipinski definition) is 1. The van der Waals surface area contributed by atoms with Crippen LogP contribution in [0.4, 0.5) is 5.69 Å². The van der Waals surface area contributed by atoms with Gasteiger partial charge in [-0.1, -0.05) is 12.1 Å². The molecular weight excluding hydrogens is 242 g/mol. The number of thioether (sulfide) groups is 1. The molecular formula is C14H13N3S. The normalized spacial score (nSPS) is 10.0. The number of anilines is 1. The molecule has 0 saturated heterocycles. The number of benzene rings is 1. The van der Waals surface area contributed by atoms with Crippen LogP contribution in [0.5, 0.6) is 0 Å². The maximum Gasteiger partial charge on any atom is 0.144 e. The van der Waals surface area contributed by atoms with E-state index in [1.165, 1.54) is 5.56 Å². The summed E-state index contributed by atoms with van der Waals surface area (Å²) in [5, 5.41) is 8.97.